The number of anilines is 6. The Balaban J connectivity index is 1.15. The predicted molar refractivity (Wildman–Crippen MR) is 345 cm³/mol. The van der Waals surface area contributed by atoms with Gasteiger partial charge in [-0.1, -0.05) is 270 Å². The van der Waals surface area contributed by atoms with Crippen LogP contribution in [-0.4, -0.2) is 16.1 Å². The van der Waals surface area contributed by atoms with E-state index in [1.165, 1.54) is 99.7 Å². The topological polar surface area (TPSA) is 6.48 Å². The fourth-order valence-electron chi connectivity index (χ4n) is 13.8. The summed E-state index contributed by atoms with van der Waals surface area (Å²) >= 11 is 0. The molecule has 0 saturated heterocycles. The SMILES string of the molecule is C[Si](C)(C)C1([Si](C)(C)C)c2cc(N(c3ccccc3)c3cc(-c4ccccc4)ccc3-c3ccccc3)c3ccccc3c2-c2c1cc(N(c1ccccc1)c1cc(-c3ccccc3)ccc1-c1ccccc1)c1ccccc21. The largest absolute Gasteiger partial charge is 0.309 e. The molecule has 13 rings (SSSR count). The summed E-state index contributed by atoms with van der Waals surface area (Å²) in [4.78, 5) is 5.18. The summed E-state index contributed by atoms with van der Waals surface area (Å²) in [6.45, 7) is 15.9. The summed E-state index contributed by atoms with van der Waals surface area (Å²) in [5.74, 6) is 0. The summed E-state index contributed by atoms with van der Waals surface area (Å²) < 4.78 is -0.255. The first kappa shape index (κ1) is 49.7. The monoisotopic (exact) mass is 1050 g/mol. The molecule has 382 valence electrons. The highest BCUT2D eigenvalue weighted by atomic mass is 28.4. The third kappa shape index (κ3) is 8.37. The average molecular weight is 1050 g/mol. The molecular weight excluding hydrogens is 985 g/mol. The molecule has 0 radical (unpaired) electrons. The van der Waals surface area contributed by atoms with E-state index >= 15 is 0 Å². The number of fused-ring (bicyclic) bond motifs is 7. The molecule has 12 aromatic carbocycles. The van der Waals surface area contributed by atoms with Crippen molar-refractivity contribution in [2.75, 3.05) is 9.80 Å². The van der Waals surface area contributed by atoms with Gasteiger partial charge < -0.3 is 9.80 Å². The molecule has 1 aliphatic carbocycles. The molecule has 0 amide bonds. The molecule has 0 aliphatic heterocycles. The highest BCUT2D eigenvalue weighted by molar-refractivity contribution is 7.00. The highest BCUT2D eigenvalue weighted by Crippen LogP contribution is 2.64. The van der Waals surface area contributed by atoms with Crippen LogP contribution >= 0.6 is 0 Å². The van der Waals surface area contributed by atoms with E-state index in [1.807, 2.05) is 0 Å². The van der Waals surface area contributed by atoms with Crippen molar-refractivity contribution < 1.29 is 0 Å². The lowest BCUT2D eigenvalue weighted by molar-refractivity contribution is 0.953. The molecule has 0 spiro atoms. The Hall–Kier alpha value is -8.81. The Morgan fingerprint density at radius 3 is 0.873 bits per heavy atom. The summed E-state index contributed by atoms with van der Waals surface area (Å²) in [7, 11) is -4.66. The summed E-state index contributed by atoms with van der Waals surface area (Å²) in [5, 5.41) is 5.03. The van der Waals surface area contributed by atoms with Gasteiger partial charge in [-0.05, 0) is 115 Å². The van der Waals surface area contributed by atoms with Gasteiger partial charge in [0, 0.05) is 37.9 Å². The van der Waals surface area contributed by atoms with Crippen LogP contribution in [0, 0.1) is 0 Å². The number of nitrogens with zero attached hydrogens (tertiary/aromatic N) is 2. The van der Waals surface area contributed by atoms with Crippen LogP contribution < -0.4 is 9.80 Å². The van der Waals surface area contributed by atoms with Crippen LogP contribution in [0.4, 0.5) is 34.1 Å². The van der Waals surface area contributed by atoms with Gasteiger partial charge in [0.2, 0.25) is 0 Å². The van der Waals surface area contributed by atoms with Gasteiger partial charge in [0.05, 0.1) is 38.9 Å². The zero-order valence-corrected chi connectivity index (χ0v) is 48.0. The number of hydrogen-bond donors (Lipinski definition) is 0. The molecule has 2 nitrogen and oxygen atoms in total. The van der Waals surface area contributed by atoms with Crippen molar-refractivity contribution in [2.45, 2.75) is 43.9 Å². The number of benzene rings is 12. The van der Waals surface area contributed by atoms with E-state index in [9.17, 15) is 0 Å². The molecule has 0 atom stereocenters. The molecule has 4 heteroatoms. The molecule has 0 aromatic heterocycles. The normalized spacial score (nSPS) is 12.8. The third-order valence-corrected chi connectivity index (χ3v) is 26.8. The van der Waals surface area contributed by atoms with E-state index < -0.39 is 16.1 Å². The quantitative estimate of drug-likeness (QED) is 0.113. The minimum atomic E-state index is -2.33. The number of hydrogen-bond acceptors (Lipinski definition) is 2. The van der Waals surface area contributed by atoms with Gasteiger partial charge in [0.1, 0.15) is 0 Å². The van der Waals surface area contributed by atoms with Crippen LogP contribution in [0.3, 0.4) is 0 Å². The Bertz CT molecular complexity index is 3910. The number of para-hydroxylation sites is 2. The Morgan fingerprint density at radius 1 is 0.253 bits per heavy atom. The van der Waals surface area contributed by atoms with Crippen LogP contribution in [0.1, 0.15) is 11.1 Å². The van der Waals surface area contributed by atoms with E-state index in [4.69, 9.17) is 0 Å². The second-order valence-corrected chi connectivity index (χ2v) is 34.2. The van der Waals surface area contributed by atoms with E-state index in [1.54, 1.807) is 0 Å². The first-order valence-electron chi connectivity index (χ1n) is 27.8. The van der Waals surface area contributed by atoms with Crippen molar-refractivity contribution in [2.24, 2.45) is 0 Å². The lowest BCUT2D eigenvalue weighted by Crippen LogP contribution is -2.63. The van der Waals surface area contributed by atoms with Crippen molar-refractivity contribution in [1.82, 2.24) is 0 Å². The minimum Gasteiger partial charge on any atom is -0.309 e. The van der Waals surface area contributed by atoms with Crippen LogP contribution in [0.25, 0.3) is 77.2 Å². The molecule has 79 heavy (non-hydrogen) atoms. The highest BCUT2D eigenvalue weighted by Gasteiger charge is 2.60. The van der Waals surface area contributed by atoms with Crippen molar-refractivity contribution in [1.29, 1.82) is 0 Å². The van der Waals surface area contributed by atoms with Crippen molar-refractivity contribution in [3.63, 3.8) is 0 Å². The van der Waals surface area contributed by atoms with Crippen molar-refractivity contribution in [3.8, 4) is 55.6 Å². The van der Waals surface area contributed by atoms with Crippen molar-refractivity contribution in [3.05, 3.63) is 290 Å². The van der Waals surface area contributed by atoms with Gasteiger partial charge in [0.15, 0.2) is 0 Å². The van der Waals surface area contributed by atoms with Gasteiger partial charge in [-0.15, -0.1) is 0 Å². The Morgan fingerprint density at radius 2 is 0.544 bits per heavy atom. The van der Waals surface area contributed by atoms with E-state index in [-0.39, 0.29) is 4.66 Å². The maximum atomic E-state index is 2.69. The fourth-order valence-corrected chi connectivity index (χ4v) is 26.9. The van der Waals surface area contributed by atoms with E-state index in [0.717, 1.165) is 22.7 Å². The van der Waals surface area contributed by atoms with Gasteiger partial charge in [-0.25, -0.2) is 0 Å². The van der Waals surface area contributed by atoms with E-state index in [2.05, 4.69) is 328 Å². The van der Waals surface area contributed by atoms with Gasteiger partial charge in [-0.2, -0.15) is 0 Å². The zero-order valence-electron chi connectivity index (χ0n) is 46.0. The van der Waals surface area contributed by atoms with Crippen LogP contribution in [0.5, 0.6) is 0 Å². The van der Waals surface area contributed by atoms with Crippen LogP contribution in [0.15, 0.2) is 279 Å². The minimum absolute atomic E-state index is 0.255. The summed E-state index contributed by atoms with van der Waals surface area (Å²) in [6, 6.07) is 104. The van der Waals surface area contributed by atoms with Gasteiger partial charge in [-0.3, -0.25) is 0 Å². The van der Waals surface area contributed by atoms with Crippen LogP contribution in [0.2, 0.25) is 39.3 Å². The Kier molecular flexibility index (Phi) is 12.5. The second kappa shape index (κ2) is 19.9. The van der Waals surface area contributed by atoms with Gasteiger partial charge >= 0.3 is 0 Å². The number of rotatable bonds is 12. The second-order valence-electron chi connectivity index (χ2n) is 23.2. The van der Waals surface area contributed by atoms with Crippen LogP contribution in [-0.2, 0) is 4.66 Å². The average Bonchev–Trinajstić information content (AvgIpc) is 3.85. The zero-order chi connectivity index (χ0) is 53.9. The summed E-state index contributed by atoms with van der Waals surface area (Å²) in [6.07, 6.45) is 0. The third-order valence-electron chi connectivity index (χ3n) is 16.7. The Labute approximate surface area is 468 Å². The molecule has 0 N–H and O–H groups in total. The maximum Gasteiger partial charge on any atom is 0.0579 e. The molecule has 0 unspecified atom stereocenters. The van der Waals surface area contributed by atoms with Crippen molar-refractivity contribution >= 4 is 71.8 Å². The fraction of sp³-hybridized carbons (Fsp3) is 0.0933. The standard InChI is InChI=1S/C75H64N2Si2/c1-78(2,3)75(79(4,5)6)67-51-71(76(59-37-21-11-22-38-59)69-49-57(53-29-13-7-14-30-53)45-47-61(69)55-33-17-9-18-34-55)63-41-25-27-43-65(63)73(67)74-66-44-28-26-42-64(66)72(52-68(74)75)77(60-39-23-12-24-40-60)70-50-58(54-31-15-8-16-32-54)46-48-62(70)56-35-19-10-20-36-56/h7-52H,1-6H3. The summed E-state index contributed by atoms with van der Waals surface area (Å²) in [5.41, 5.74) is 22.1. The molecule has 12 aromatic rings. The molecule has 0 fully saturated rings. The first-order valence-corrected chi connectivity index (χ1v) is 34.8. The molecule has 0 saturated carbocycles. The molecule has 1 aliphatic rings. The predicted octanol–water partition coefficient (Wildman–Crippen LogP) is 21.6. The lowest BCUT2D eigenvalue weighted by atomic mass is 9.91. The smallest absolute Gasteiger partial charge is 0.0579 e. The van der Waals surface area contributed by atoms with Gasteiger partial charge in [0.25, 0.3) is 0 Å². The van der Waals surface area contributed by atoms with E-state index in [0.29, 0.717) is 0 Å². The molecule has 0 heterocycles. The lowest BCUT2D eigenvalue weighted by Gasteiger charge is -2.51. The molecular formula is C75H64N2Si2. The molecule has 0 bridgehead atoms. The first-order chi connectivity index (χ1) is 38.5. The maximum absolute atomic E-state index is 2.69.